The van der Waals surface area contributed by atoms with Crippen molar-refractivity contribution in [2.24, 2.45) is 0 Å². The molecule has 3 rings (SSSR count). The van der Waals surface area contributed by atoms with Gasteiger partial charge >= 0.3 is 6.09 Å². The third-order valence-corrected chi connectivity index (χ3v) is 5.88. The maximum absolute atomic E-state index is 13.0. The summed E-state index contributed by atoms with van der Waals surface area (Å²) < 4.78 is 5.40. The number of rotatable bonds is 3. The lowest BCUT2D eigenvalue weighted by atomic mass is 10.1. The van der Waals surface area contributed by atoms with Gasteiger partial charge in [-0.05, 0) is 45.1 Å². The number of piperazine rings is 1. The minimum absolute atomic E-state index is 0.000804. The molecular weight excluding hydrogens is 378 g/mol. The van der Waals surface area contributed by atoms with E-state index in [4.69, 9.17) is 4.74 Å². The van der Waals surface area contributed by atoms with E-state index in [0.29, 0.717) is 45.6 Å². The first-order chi connectivity index (χ1) is 13.2. The molecule has 3 amide bonds. The van der Waals surface area contributed by atoms with Gasteiger partial charge in [-0.2, -0.15) is 0 Å². The van der Waals surface area contributed by atoms with Crippen LogP contribution in [0, 0.1) is 0 Å². The number of carbonyl (C=O) groups excluding carboxylic acids is 3. The molecule has 2 aliphatic heterocycles. The van der Waals surface area contributed by atoms with Crippen molar-refractivity contribution in [3.05, 3.63) is 22.4 Å². The highest BCUT2D eigenvalue weighted by atomic mass is 32.1. The van der Waals surface area contributed by atoms with E-state index >= 15 is 0 Å². The van der Waals surface area contributed by atoms with E-state index < -0.39 is 5.60 Å². The Hall–Kier alpha value is -2.09. The highest BCUT2D eigenvalue weighted by molar-refractivity contribution is 7.10. The molecule has 154 valence electrons. The van der Waals surface area contributed by atoms with Gasteiger partial charge < -0.3 is 19.4 Å². The molecule has 8 heteroatoms. The first-order valence-electron chi connectivity index (χ1n) is 9.83. The molecule has 28 heavy (non-hydrogen) atoms. The normalized spacial score (nSPS) is 20.4. The highest BCUT2D eigenvalue weighted by Gasteiger charge is 2.38. The highest BCUT2D eigenvalue weighted by Crippen LogP contribution is 2.22. The molecule has 0 bridgehead atoms. The molecule has 1 aromatic rings. The van der Waals surface area contributed by atoms with Crippen molar-refractivity contribution in [2.45, 2.75) is 51.7 Å². The second-order valence-electron chi connectivity index (χ2n) is 8.29. The van der Waals surface area contributed by atoms with Gasteiger partial charge in [0.2, 0.25) is 11.8 Å². The van der Waals surface area contributed by atoms with Crippen molar-refractivity contribution in [2.75, 3.05) is 32.7 Å². The molecule has 0 aromatic carbocycles. The van der Waals surface area contributed by atoms with Gasteiger partial charge in [0.25, 0.3) is 0 Å². The molecule has 0 aliphatic carbocycles. The Balaban J connectivity index is 1.54. The molecule has 7 nitrogen and oxygen atoms in total. The summed E-state index contributed by atoms with van der Waals surface area (Å²) in [7, 11) is 0. The fraction of sp³-hybridized carbons (Fsp3) is 0.650. The molecule has 1 atom stereocenters. The Morgan fingerprint density at radius 2 is 1.79 bits per heavy atom. The number of thiophene rings is 1. The Labute approximate surface area is 170 Å². The Kier molecular flexibility index (Phi) is 6.27. The lowest BCUT2D eigenvalue weighted by molar-refractivity contribution is -0.144. The summed E-state index contributed by atoms with van der Waals surface area (Å²) in [4.78, 5) is 44.1. The molecular formula is C20H29N3O4S. The standard InChI is InChI=1S/C20H29N3O4S/c1-20(2,3)27-19(26)22-11-9-21(10-12-22)18(25)16-7-4-8-23(16)17(24)14-15-6-5-13-28-15/h5-6,13,16H,4,7-12,14H2,1-3H3. The molecule has 1 unspecified atom stereocenters. The molecule has 2 aliphatic rings. The van der Waals surface area contributed by atoms with E-state index in [9.17, 15) is 14.4 Å². The number of ether oxygens (including phenoxy) is 1. The van der Waals surface area contributed by atoms with E-state index in [2.05, 4.69) is 0 Å². The van der Waals surface area contributed by atoms with Crippen LogP contribution in [0.15, 0.2) is 17.5 Å². The summed E-state index contributed by atoms with van der Waals surface area (Å²) in [6.07, 6.45) is 1.58. The zero-order valence-corrected chi connectivity index (χ0v) is 17.7. The van der Waals surface area contributed by atoms with Crippen LogP contribution < -0.4 is 0 Å². The zero-order valence-electron chi connectivity index (χ0n) is 16.8. The number of hydrogen-bond donors (Lipinski definition) is 0. The van der Waals surface area contributed by atoms with E-state index in [1.807, 2.05) is 38.3 Å². The molecule has 0 radical (unpaired) electrons. The predicted molar refractivity (Wildman–Crippen MR) is 107 cm³/mol. The van der Waals surface area contributed by atoms with Crippen molar-refractivity contribution in [3.63, 3.8) is 0 Å². The largest absolute Gasteiger partial charge is 0.444 e. The molecule has 0 saturated carbocycles. The molecule has 0 spiro atoms. The topological polar surface area (TPSA) is 70.2 Å². The van der Waals surface area contributed by atoms with Crippen LogP contribution in [-0.2, 0) is 20.7 Å². The molecule has 3 heterocycles. The molecule has 1 aromatic heterocycles. The van der Waals surface area contributed by atoms with E-state index in [-0.39, 0.29) is 23.9 Å². The predicted octanol–water partition coefficient (Wildman–Crippen LogP) is 2.36. The van der Waals surface area contributed by atoms with Crippen LogP contribution in [0.2, 0.25) is 0 Å². The van der Waals surface area contributed by atoms with Crippen LogP contribution in [0.4, 0.5) is 4.79 Å². The fourth-order valence-electron chi connectivity index (χ4n) is 3.63. The minimum atomic E-state index is -0.530. The van der Waals surface area contributed by atoms with Crippen molar-refractivity contribution < 1.29 is 19.1 Å². The van der Waals surface area contributed by atoms with Gasteiger partial charge in [0.15, 0.2) is 0 Å². The van der Waals surface area contributed by atoms with Crippen LogP contribution in [0.5, 0.6) is 0 Å². The Morgan fingerprint density at radius 3 is 2.39 bits per heavy atom. The molecule has 2 saturated heterocycles. The number of carbonyl (C=O) groups is 3. The Morgan fingerprint density at radius 1 is 1.11 bits per heavy atom. The SMILES string of the molecule is CC(C)(C)OC(=O)N1CCN(C(=O)C2CCCN2C(=O)Cc2cccs2)CC1. The van der Waals surface area contributed by atoms with Crippen LogP contribution in [0.3, 0.4) is 0 Å². The van der Waals surface area contributed by atoms with Crippen LogP contribution >= 0.6 is 11.3 Å². The van der Waals surface area contributed by atoms with Crippen molar-refractivity contribution in [3.8, 4) is 0 Å². The zero-order chi connectivity index (χ0) is 20.3. The van der Waals surface area contributed by atoms with Crippen LogP contribution in [-0.4, -0.2) is 77.0 Å². The summed E-state index contributed by atoms with van der Waals surface area (Å²) in [5, 5.41) is 1.96. The number of likely N-dealkylation sites (tertiary alicyclic amines) is 1. The average molecular weight is 408 g/mol. The molecule has 2 fully saturated rings. The summed E-state index contributed by atoms with van der Waals surface area (Å²) in [6, 6.07) is 3.51. The van der Waals surface area contributed by atoms with Crippen molar-refractivity contribution >= 4 is 29.2 Å². The minimum Gasteiger partial charge on any atom is -0.444 e. The smallest absolute Gasteiger partial charge is 0.410 e. The second-order valence-corrected chi connectivity index (χ2v) is 9.33. The van der Waals surface area contributed by atoms with Crippen LogP contribution in [0.1, 0.15) is 38.5 Å². The average Bonchev–Trinajstić information content (AvgIpc) is 3.31. The molecule has 0 N–H and O–H groups in total. The lowest BCUT2D eigenvalue weighted by Crippen LogP contribution is -2.56. The summed E-state index contributed by atoms with van der Waals surface area (Å²) in [6.45, 7) is 8.01. The lowest BCUT2D eigenvalue weighted by Gasteiger charge is -2.37. The van der Waals surface area contributed by atoms with Gasteiger partial charge in [0.05, 0.1) is 6.42 Å². The van der Waals surface area contributed by atoms with E-state index in [0.717, 1.165) is 11.3 Å². The maximum atomic E-state index is 13.0. The van der Waals surface area contributed by atoms with Crippen molar-refractivity contribution in [1.82, 2.24) is 14.7 Å². The Bertz CT molecular complexity index is 706. The summed E-state index contributed by atoms with van der Waals surface area (Å²) in [5.74, 6) is 0.0200. The van der Waals surface area contributed by atoms with Crippen molar-refractivity contribution in [1.29, 1.82) is 0 Å². The van der Waals surface area contributed by atoms with Gasteiger partial charge in [0, 0.05) is 37.6 Å². The monoisotopic (exact) mass is 407 g/mol. The quantitative estimate of drug-likeness (QED) is 0.771. The number of nitrogens with zero attached hydrogens (tertiary/aromatic N) is 3. The first-order valence-corrected chi connectivity index (χ1v) is 10.7. The van der Waals surface area contributed by atoms with Crippen LogP contribution in [0.25, 0.3) is 0 Å². The van der Waals surface area contributed by atoms with E-state index in [1.54, 1.807) is 26.0 Å². The van der Waals surface area contributed by atoms with Gasteiger partial charge in [0.1, 0.15) is 11.6 Å². The summed E-state index contributed by atoms with van der Waals surface area (Å²) in [5.41, 5.74) is -0.530. The van der Waals surface area contributed by atoms with E-state index in [1.165, 1.54) is 0 Å². The van der Waals surface area contributed by atoms with Gasteiger partial charge in [-0.25, -0.2) is 4.79 Å². The number of amides is 3. The van der Waals surface area contributed by atoms with Gasteiger partial charge in [-0.1, -0.05) is 6.07 Å². The third-order valence-electron chi connectivity index (χ3n) is 5.01. The first kappa shape index (κ1) is 20.6. The van der Waals surface area contributed by atoms with Gasteiger partial charge in [-0.3, -0.25) is 9.59 Å². The fourth-order valence-corrected chi connectivity index (χ4v) is 4.33. The van der Waals surface area contributed by atoms with Gasteiger partial charge in [-0.15, -0.1) is 11.3 Å². The maximum Gasteiger partial charge on any atom is 0.410 e. The summed E-state index contributed by atoms with van der Waals surface area (Å²) >= 11 is 1.56. The second kappa shape index (κ2) is 8.51. The third kappa shape index (κ3) is 5.04. The number of hydrogen-bond acceptors (Lipinski definition) is 5.